The second-order valence-electron chi connectivity index (χ2n) is 6.56. The van der Waals surface area contributed by atoms with E-state index < -0.39 is 18.0 Å². The summed E-state index contributed by atoms with van der Waals surface area (Å²) in [6, 6.07) is 14.5. The normalized spacial score (nSPS) is 11.6. The zero-order chi connectivity index (χ0) is 21.7. The Kier molecular flexibility index (Phi) is 7.07. The number of halogens is 1. The number of carbonyl (C=O) groups excluding carboxylic acids is 2. The van der Waals surface area contributed by atoms with E-state index in [-0.39, 0.29) is 10.7 Å². The molecule has 1 heterocycles. The summed E-state index contributed by atoms with van der Waals surface area (Å²) < 4.78 is 5.57. The van der Waals surface area contributed by atoms with Crippen LogP contribution in [0.3, 0.4) is 0 Å². The third-order valence-electron chi connectivity index (χ3n) is 4.31. The molecular formula is C22H20ClN3O3S. The standard InChI is InChI=1S/C22H20ClN3O3S/c1-13-9-10-14(2)17(11-13)25-20(27)19(15-7-5-4-6-8-15)29-21(28)18-16(23)12-24-22(26-18)30-3/h4-12,19H,1-3H3,(H,25,27). The van der Waals surface area contributed by atoms with Gasteiger partial charge in [-0.1, -0.05) is 65.8 Å². The Morgan fingerprint density at radius 3 is 2.57 bits per heavy atom. The third-order valence-corrected chi connectivity index (χ3v) is 5.15. The van der Waals surface area contributed by atoms with Crippen LogP contribution in [0.15, 0.2) is 59.9 Å². The number of anilines is 1. The number of rotatable bonds is 6. The molecular weight excluding hydrogens is 422 g/mol. The van der Waals surface area contributed by atoms with Crippen LogP contribution in [-0.2, 0) is 9.53 Å². The Morgan fingerprint density at radius 2 is 1.87 bits per heavy atom. The van der Waals surface area contributed by atoms with Crippen molar-refractivity contribution in [3.05, 3.63) is 82.1 Å². The van der Waals surface area contributed by atoms with Gasteiger partial charge >= 0.3 is 5.97 Å². The number of benzene rings is 2. The molecule has 0 saturated carbocycles. The Bertz CT molecular complexity index is 1080. The Morgan fingerprint density at radius 1 is 1.13 bits per heavy atom. The van der Waals surface area contributed by atoms with E-state index in [2.05, 4.69) is 15.3 Å². The van der Waals surface area contributed by atoms with Crippen LogP contribution in [0.5, 0.6) is 0 Å². The molecule has 1 unspecified atom stereocenters. The Labute approximate surface area is 184 Å². The second-order valence-corrected chi connectivity index (χ2v) is 7.74. The van der Waals surface area contributed by atoms with Crippen molar-refractivity contribution >= 4 is 40.9 Å². The summed E-state index contributed by atoms with van der Waals surface area (Å²) in [7, 11) is 0. The maximum absolute atomic E-state index is 13.1. The van der Waals surface area contributed by atoms with Gasteiger partial charge in [0.1, 0.15) is 0 Å². The molecule has 0 aliphatic carbocycles. The molecule has 1 N–H and O–H groups in total. The minimum absolute atomic E-state index is 0.0551. The van der Waals surface area contributed by atoms with Crippen LogP contribution in [0, 0.1) is 13.8 Å². The Balaban J connectivity index is 1.91. The minimum atomic E-state index is -1.18. The average Bonchev–Trinajstić information content (AvgIpc) is 2.75. The number of carbonyl (C=O) groups is 2. The van der Waals surface area contributed by atoms with Gasteiger partial charge in [0.2, 0.25) is 6.10 Å². The summed E-state index contributed by atoms with van der Waals surface area (Å²) in [6.07, 6.45) is 1.94. The number of hydrogen-bond acceptors (Lipinski definition) is 6. The van der Waals surface area contributed by atoms with Gasteiger partial charge in [-0.25, -0.2) is 14.8 Å². The predicted molar refractivity (Wildman–Crippen MR) is 118 cm³/mol. The average molecular weight is 442 g/mol. The largest absolute Gasteiger partial charge is 0.443 e. The van der Waals surface area contributed by atoms with Crippen LogP contribution in [0.4, 0.5) is 5.69 Å². The van der Waals surface area contributed by atoms with Gasteiger partial charge in [-0.3, -0.25) is 4.79 Å². The zero-order valence-corrected chi connectivity index (χ0v) is 18.3. The smallest absolute Gasteiger partial charge is 0.359 e. The van der Waals surface area contributed by atoms with Crippen LogP contribution in [0.1, 0.15) is 33.3 Å². The molecule has 0 spiro atoms. The van der Waals surface area contributed by atoms with Crippen LogP contribution in [0.25, 0.3) is 0 Å². The van der Waals surface area contributed by atoms with Crippen molar-refractivity contribution < 1.29 is 14.3 Å². The number of aromatic nitrogens is 2. The van der Waals surface area contributed by atoms with Crippen LogP contribution >= 0.6 is 23.4 Å². The monoisotopic (exact) mass is 441 g/mol. The fraction of sp³-hybridized carbons (Fsp3) is 0.182. The van der Waals surface area contributed by atoms with Crippen molar-refractivity contribution in [2.75, 3.05) is 11.6 Å². The van der Waals surface area contributed by atoms with Gasteiger partial charge in [0.15, 0.2) is 10.9 Å². The first-order chi connectivity index (χ1) is 14.4. The number of nitrogens with zero attached hydrogens (tertiary/aromatic N) is 2. The van der Waals surface area contributed by atoms with Crippen molar-refractivity contribution in [2.45, 2.75) is 25.1 Å². The van der Waals surface area contributed by atoms with Gasteiger partial charge in [-0.05, 0) is 37.3 Å². The summed E-state index contributed by atoms with van der Waals surface area (Å²) >= 11 is 7.36. The molecule has 0 fully saturated rings. The summed E-state index contributed by atoms with van der Waals surface area (Å²) in [5.41, 5.74) is 3.00. The van der Waals surface area contributed by atoms with Crippen molar-refractivity contribution in [2.24, 2.45) is 0 Å². The molecule has 1 amide bonds. The van der Waals surface area contributed by atoms with Gasteiger partial charge in [0, 0.05) is 11.3 Å². The molecule has 0 aliphatic rings. The SMILES string of the molecule is CSc1ncc(Cl)c(C(=O)OC(C(=O)Nc2cc(C)ccc2C)c2ccccc2)n1. The van der Waals surface area contributed by atoms with Gasteiger partial charge < -0.3 is 10.1 Å². The van der Waals surface area contributed by atoms with Gasteiger partial charge in [0.05, 0.1) is 11.2 Å². The lowest BCUT2D eigenvalue weighted by atomic mass is 10.1. The van der Waals surface area contributed by atoms with Crippen LogP contribution in [-0.4, -0.2) is 28.1 Å². The quantitative estimate of drug-likeness (QED) is 0.329. The van der Waals surface area contributed by atoms with E-state index >= 15 is 0 Å². The van der Waals surface area contributed by atoms with E-state index in [1.165, 1.54) is 18.0 Å². The van der Waals surface area contributed by atoms with Crippen molar-refractivity contribution in [1.29, 1.82) is 0 Å². The summed E-state index contributed by atoms with van der Waals surface area (Å²) in [5, 5.41) is 3.29. The van der Waals surface area contributed by atoms with E-state index in [0.29, 0.717) is 16.4 Å². The highest BCUT2D eigenvalue weighted by atomic mass is 35.5. The minimum Gasteiger partial charge on any atom is -0.443 e. The number of nitrogens with one attached hydrogen (secondary N) is 1. The number of hydrogen-bond donors (Lipinski definition) is 1. The highest BCUT2D eigenvalue weighted by molar-refractivity contribution is 7.98. The first kappa shape index (κ1) is 21.8. The lowest BCUT2D eigenvalue weighted by Gasteiger charge is -2.19. The summed E-state index contributed by atoms with van der Waals surface area (Å²) in [5.74, 6) is -1.28. The van der Waals surface area contributed by atoms with Crippen molar-refractivity contribution in [1.82, 2.24) is 9.97 Å². The molecule has 0 saturated heterocycles. The highest BCUT2D eigenvalue weighted by Gasteiger charge is 2.28. The zero-order valence-electron chi connectivity index (χ0n) is 16.7. The molecule has 154 valence electrons. The summed E-state index contributed by atoms with van der Waals surface area (Å²) in [6.45, 7) is 3.83. The molecule has 1 atom stereocenters. The fourth-order valence-electron chi connectivity index (χ4n) is 2.72. The van der Waals surface area contributed by atoms with Gasteiger partial charge in [-0.15, -0.1) is 0 Å². The third kappa shape index (κ3) is 5.17. The maximum atomic E-state index is 13.1. The molecule has 8 heteroatoms. The van der Waals surface area contributed by atoms with Gasteiger partial charge in [0.25, 0.3) is 5.91 Å². The van der Waals surface area contributed by atoms with E-state index in [0.717, 1.165) is 11.1 Å². The molecule has 1 aromatic heterocycles. The van der Waals surface area contributed by atoms with E-state index in [4.69, 9.17) is 16.3 Å². The molecule has 3 rings (SSSR count). The Hall–Kier alpha value is -2.90. The number of ether oxygens (including phenoxy) is 1. The van der Waals surface area contributed by atoms with Crippen molar-refractivity contribution in [3.63, 3.8) is 0 Å². The molecule has 0 aliphatic heterocycles. The summed E-state index contributed by atoms with van der Waals surface area (Å²) in [4.78, 5) is 34.0. The van der Waals surface area contributed by atoms with E-state index in [9.17, 15) is 9.59 Å². The lowest BCUT2D eigenvalue weighted by molar-refractivity contribution is -0.125. The van der Waals surface area contributed by atoms with E-state index in [1.807, 2.05) is 38.1 Å². The molecule has 3 aromatic rings. The maximum Gasteiger partial charge on any atom is 0.359 e. The van der Waals surface area contributed by atoms with Gasteiger partial charge in [-0.2, -0.15) is 0 Å². The molecule has 30 heavy (non-hydrogen) atoms. The molecule has 6 nitrogen and oxygen atoms in total. The predicted octanol–water partition coefficient (Wildman–Crippen LogP) is 5.01. The van der Waals surface area contributed by atoms with Crippen LogP contribution < -0.4 is 5.32 Å². The molecule has 2 aromatic carbocycles. The van der Waals surface area contributed by atoms with Crippen LogP contribution in [0.2, 0.25) is 5.02 Å². The van der Waals surface area contributed by atoms with E-state index in [1.54, 1.807) is 30.5 Å². The molecule has 0 radical (unpaired) electrons. The first-order valence-corrected chi connectivity index (χ1v) is 10.7. The van der Waals surface area contributed by atoms with Crippen molar-refractivity contribution in [3.8, 4) is 0 Å². The number of esters is 1. The second kappa shape index (κ2) is 9.73. The first-order valence-electron chi connectivity index (χ1n) is 9.09. The fourth-order valence-corrected chi connectivity index (χ4v) is 3.23. The number of thioether (sulfide) groups is 1. The highest BCUT2D eigenvalue weighted by Crippen LogP contribution is 2.25. The number of amides is 1. The molecule has 0 bridgehead atoms. The topological polar surface area (TPSA) is 81.2 Å². The lowest BCUT2D eigenvalue weighted by Crippen LogP contribution is -2.26. The number of aryl methyl sites for hydroxylation is 2.